The molecule has 4 heteroatoms. The molecule has 0 atom stereocenters. The highest BCUT2D eigenvalue weighted by Gasteiger charge is 2.08. The maximum atomic E-state index is 2.43. The van der Waals surface area contributed by atoms with Gasteiger partial charge in [-0.3, -0.25) is 0 Å². The van der Waals surface area contributed by atoms with Crippen molar-refractivity contribution >= 4 is 90.4 Å². The van der Waals surface area contributed by atoms with Gasteiger partial charge in [-0.15, -0.1) is 0 Å². The number of benzene rings is 3. The van der Waals surface area contributed by atoms with Crippen molar-refractivity contribution in [2.24, 2.45) is 0 Å². The maximum Gasteiger partial charge on any atom is 0.0209 e. The van der Waals surface area contributed by atoms with E-state index in [-0.39, 0.29) is 0 Å². The van der Waals surface area contributed by atoms with Crippen LogP contribution in [0.5, 0.6) is 0 Å². The minimum Gasteiger partial charge on any atom is -0.0584 e. The zero-order valence-corrected chi connectivity index (χ0v) is 21.5. The molecule has 0 saturated carbocycles. The average Bonchev–Trinajstić information content (AvgIpc) is 2.53. The molecule has 0 aliphatic rings. The minimum atomic E-state index is 0.973. The van der Waals surface area contributed by atoms with Crippen LogP contribution in [0, 0.1) is 21.2 Å². The van der Waals surface area contributed by atoms with Crippen molar-refractivity contribution in [3.8, 4) is 11.1 Å². The average molecular weight is 762 g/mol. The van der Waals surface area contributed by atoms with E-state index >= 15 is 0 Å². The molecule has 0 aromatic heterocycles. The van der Waals surface area contributed by atoms with Crippen LogP contribution in [0.2, 0.25) is 0 Å². The summed E-state index contributed by atoms with van der Waals surface area (Å²) in [4.78, 5) is 0. The van der Waals surface area contributed by atoms with Crippen LogP contribution in [0.3, 0.4) is 0 Å². The Morgan fingerprint density at radius 3 is 2.21 bits per heavy atom. The molecule has 0 radical (unpaired) electrons. The number of hydrogen-bond donors (Lipinski definition) is 0. The van der Waals surface area contributed by atoms with E-state index in [0.717, 1.165) is 6.42 Å². The van der Waals surface area contributed by atoms with Crippen LogP contribution in [-0.2, 0) is 6.42 Å². The van der Waals surface area contributed by atoms with Crippen molar-refractivity contribution in [1.29, 1.82) is 0 Å². The van der Waals surface area contributed by atoms with E-state index < -0.39 is 0 Å². The Hall–Kier alpha value is 0.580. The number of aryl methyl sites for hydroxylation is 1. The van der Waals surface area contributed by atoms with Crippen LogP contribution in [-0.4, -0.2) is 0 Å². The molecule has 0 N–H and O–H groups in total. The molecule has 0 spiro atoms. The van der Waals surface area contributed by atoms with Crippen molar-refractivity contribution in [2.45, 2.75) is 13.3 Å². The molecule has 122 valence electrons. The molecule has 3 aromatic rings. The van der Waals surface area contributed by atoms with Gasteiger partial charge in [-0.05, 0) is 168 Å². The minimum absolute atomic E-state index is 0.973. The van der Waals surface area contributed by atoms with E-state index in [1.165, 1.54) is 42.1 Å². The fourth-order valence-corrected chi connectivity index (χ4v) is 5.06. The summed E-state index contributed by atoms with van der Waals surface area (Å²) in [5.74, 6) is 0. The van der Waals surface area contributed by atoms with Gasteiger partial charge in [0, 0.05) is 14.3 Å². The molecule has 3 rings (SSSR count). The monoisotopic (exact) mass is 762 g/mol. The lowest BCUT2D eigenvalue weighted by Gasteiger charge is -2.11. The Morgan fingerprint density at radius 2 is 1.46 bits per heavy atom. The van der Waals surface area contributed by atoms with Crippen LogP contribution in [0.4, 0.5) is 0 Å². The van der Waals surface area contributed by atoms with Crippen molar-refractivity contribution in [3.63, 3.8) is 0 Å². The SMILES string of the molecule is Cc1ccc(Cc2cc(I)cc(-c3cc(I)ccc3I)c2)cc1I. The molecule has 0 nitrogen and oxygen atoms in total. The largest absolute Gasteiger partial charge is 0.0584 e. The first kappa shape index (κ1) is 19.3. The summed E-state index contributed by atoms with van der Waals surface area (Å²) in [5, 5.41) is 0. The first-order valence-corrected chi connectivity index (χ1v) is 11.7. The molecular weight excluding hydrogens is 748 g/mol. The van der Waals surface area contributed by atoms with Gasteiger partial charge in [-0.2, -0.15) is 0 Å². The van der Waals surface area contributed by atoms with E-state index in [0.29, 0.717) is 0 Å². The van der Waals surface area contributed by atoms with Crippen LogP contribution in [0.1, 0.15) is 16.7 Å². The summed E-state index contributed by atoms with van der Waals surface area (Å²) in [6.07, 6.45) is 0.973. The number of rotatable bonds is 3. The number of halogens is 4. The van der Waals surface area contributed by atoms with Gasteiger partial charge in [0.25, 0.3) is 0 Å². The predicted molar refractivity (Wildman–Crippen MR) is 137 cm³/mol. The second kappa shape index (κ2) is 8.51. The fraction of sp³-hybridized carbons (Fsp3) is 0.100. The van der Waals surface area contributed by atoms with E-state index in [4.69, 9.17) is 0 Å². The Balaban J connectivity index is 2.00. The molecule has 0 unspecified atom stereocenters. The van der Waals surface area contributed by atoms with Crippen molar-refractivity contribution < 1.29 is 0 Å². The van der Waals surface area contributed by atoms with Gasteiger partial charge in [0.1, 0.15) is 0 Å². The Bertz CT molecular complexity index is 900. The molecule has 0 heterocycles. The van der Waals surface area contributed by atoms with Crippen LogP contribution < -0.4 is 0 Å². The first-order valence-electron chi connectivity index (χ1n) is 7.42. The second-order valence-electron chi connectivity index (χ2n) is 5.73. The lowest BCUT2D eigenvalue weighted by atomic mass is 9.99. The lowest BCUT2D eigenvalue weighted by molar-refractivity contribution is 1.18. The van der Waals surface area contributed by atoms with Gasteiger partial charge in [0.15, 0.2) is 0 Å². The quantitative estimate of drug-likeness (QED) is 0.241. The summed E-state index contributed by atoms with van der Waals surface area (Å²) >= 11 is 9.66. The van der Waals surface area contributed by atoms with Crippen molar-refractivity contribution in [1.82, 2.24) is 0 Å². The third-order valence-electron chi connectivity index (χ3n) is 3.84. The molecule has 0 aliphatic carbocycles. The van der Waals surface area contributed by atoms with Crippen LogP contribution >= 0.6 is 90.4 Å². The second-order valence-corrected chi connectivity index (χ2v) is 10.5. The van der Waals surface area contributed by atoms with E-state index in [2.05, 4.69) is 152 Å². The summed E-state index contributed by atoms with van der Waals surface area (Å²) in [7, 11) is 0. The third-order valence-corrected chi connectivity index (χ3v) is 7.24. The standard InChI is InChI=1S/C20H14I4/c1-12-2-3-13(9-20(12)24)6-14-7-15(10-17(22)8-14)18-11-16(21)4-5-19(18)23/h2-5,7-11H,6H2,1H3. The van der Waals surface area contributed by atoms with E-state index in [1.54, 1.807) is 0 Å². The number of hydrogen-bond acceptors (Lipinski definition) is 0. The summed E-state index contributed by atoms with van der Waals surface area (Å²) < 4.78 is 5.20. The van der Waals surface area contributed by atoms with Crippen molar-refractivity contribution in [3.05, 3.63) is 85.6 Å². The third kappa shape index (κ3) is 4.85. The fourth-order valence-electron chi connectivity index (χ4n) is 2.61. The van der Waals surface area contributed by atoms with Gasteiger partial charge in [-0.25, -0.2) is 0 Å². The Labute approximate surface area is 197 Å². The highest BCUT2D eigenvalue weighted by molar-refractivity contribution is 14.1. The van der Waals surface area contributed by atoms with Gasteiger partial charge in [0.2, 0.25) is 0 Å². The first-order chi connectivity index (χ1) is 11.4. The molecule has 0 amide bonds. The summed E-state index contributed by atoms with van der Waals surface area (Å²) in [5.41, 5.74) is 6.71. The topological polar surface area (TPSA) is 0 Å². The Morgan fingerprint density at radius 1 is 0.667 bits per heavy atom. The molecule has 0 bridgehead atoms. The Kier molecular flexibility index (Phi) is 6.86. The molecule has 0 aliphatic heterocycles. The predicted octanol–water partition coefficient (Wildman–Crippen LogP) is 7.67. The van der Waals surface area contributed by atoms with Gasteiger partial charge in [0.05, 0.1) is 0 Å². The van der Waals surface area contributed by atoms with E-state index in [9.17, 15) is 0 Å². The lowest BCUT2D eigenvalue weighted by Crippen LogP contribution is -1.93. The normalized spacial score (nSPS) is 10.9. The van der Waals surface area contributed by atoms with Gasteiger partial charge >= 0.3 is 0 Å². The highest BCUT2D eigenvalue weighted by atomic mass is 127. The zero-order valence-electron chi connectivity index (χ0n) is 12.9. The van der Waals surface area contributed by atoms with Crippen molar-refractivity contribution in [2.75, 3.05) is 0 Å². The summed E-state index contributed by atoms with van der Waals surface area (Å²) in [6, 6.07) is 20.3. The molecular formula is C20H14I4. The van der Waals surface area contributed by atoms with Gasteiger partial charge < -0.3 is 0 Å². The maximum absolute atomic E-state index is 2.43. The van der Waals surface area contributed by atoms with Gasteiger partial charge in [-0.1, -0.05) is 18.2 Å². The molecule has 0 fully saturated rings. The zero-order chi connectivity index (χ0) is 17.3. The van der Waals surface area contributed by atoms with E-state index in [1.807, 2.05) is 0 Å². The molecule has 24 heavy (non-hydrogen) atoms. The molecule has 3 aromatic carbocycles. The highest BCUT2D eigenvalue weighted by Crippen LogP contribution is 2.30. The van der Waals surface area contributed by atoms with Crippen LogP contribution in [0.15, 0.2) is 54.6 Å². The van der Waals surface area contributed by atoms with Crippen LogP contribution in [0.25, 0.3) is 11.1 Å². The summed E-state index contributed by atoms with van der Waals surface area (Å²) in [6.45, 7) is 2.16. The smallest absolute Gasteiger partial charge is 0.0209 e. The molecule has 0 saturated heterocycles.